The van der Waals surface area contributed by atoms with Gasteiger partial charge in [-0.1, -0.05) is 43.7 Å². The van der Waals surface area contributed by atoms with E-state index in [0.717, 1.165) is 18.4 Å². The van der Waals surface area contributed by atoms with Gasteiger partial charge in [0.25, 0.3) is 0 Å². The van der Waals surface area contributed by atoms with E-state index in [-0.39, 0.29) is 18.2 Å². The summed E-state index contributed by atoms with van der Waals surface area (Å²) in [5.74, 6) is 0.211. The van der Waals surface area contributed by atoms with Crippen molar-refractivity contribution in [2.24, 2.45) is 0 Å². The van der Waals surface area contributed by atoms with E-state index in [1.807, 2.05) is 30.0 Å². The highest BCUT2D eigenvalue weighted by Crippen LogP contribution is 2.29. The Morgan fingerprint density at radius 1 is 1.39 bits per heavy atom. The second-order valence-corrected chi connectivity index (χ2v) is 4.78. The zero-order valence-electron chi connectivity index (χ0n) is 11.1. The van der Waals surface area contributed by atoms with Crippen molar-refractivity contribution in [2.45, 2.75) is 45.4 Å². The van der Waals surface area contributed by atoms with E-state index < -0.39 is 0 Å². The van der Waals surface area contributed by atoms with Crippen molar-refractivity contribution < 1.29 is 9.53 Å². The number of benzene rings is 1. The number of unbranched alkanes of at least 4 members (excludes halogenated alkanes) is 1. The number of hydrogen-bond acceptors (Lipinski definition) is 2. The van der Waals surface area contributed by atoms with Crippen LogP contribution in [0.5, 0.6) is 0 Å². The highest BCUT2D eigenvalue weighted by atomic mass is 16.5. The van der Waals surface area contributed by atoms with Gasteiger partial charge < -0.3 is 9.64 Å². The number of ether oxygens (including phenoxy) is 1. The van der Waals surface area contributed by atoms with Crippen LogP contribution in [0.4, 0.5) is 0 Å². The van der Waals surface area contributed by atoms with E-state index in [0.29, 0.717) is 13.0 Å². The number of carbonyl (C=O) groups excluding carboxylic acids is 1. The molecule has 0 radical (unpaired) electrons. The summed E-state index contributed by atoms with van der Waals surface area (Å²) in [6.07, 6.45) is 2.55. The first kappa shape index (κ1) is 13.1. The van der Waals surface area contributed by atoms with Crippen LogP contribution >= 0.6 is 0 Å². The summed E-state index contributed by atoms with van der Waals surface area (Å²) in [4.78, 5) is 13.9. The number of hydrogen-bond donors (Lipinski definition) is 0. The quantitative estimate of drug-likeness (QED) is 0.818. The van der Waals surface area contributed by atoms with Gasteiger partial charge in [0, 0.05) is 6.42 Å². The van der Waals surface area contributed by atoms with Crippen LogP contribution in [0.3, 0.4) is 0 Å². The van der Waals surface area contributed by atoms with Gasteiger partial charge in [0.05, 0.1) is 6.54 Å². The van der Waals surface area contributed by atoms with Crippen molar-refractivity contribution in [3.05, 3.63) is 35.9 Å². The van der Waals surface area contributed by atoms with Gasteiger partial charge in [0.15, 0.2) is 0 Å². The smallest absolute Gasteiger partial charge is 0.224 e. The fraction of sp³-hybridized carbons (Fsp3) is 0.533. The molecule has 1 aliphatic rings. The van der Waals surface area contributed by atoms with Gasteiger partial charge in [0.2, 0.25) is 5.91 Å². The maximum absolute atomic E-state index is 12.0. The minimum Gasteiger partial charge on any atom is -0.349 e. The van der Waals surface area contributed by atoms with Gasteiger partial charge in [-0.3, -0.25) is 4.79 Å². The number of nitrogens with zero attached hydrogens (tertiary/aromatic N) is 1. The summed E-state index contributed by atoms with van der Waals surface area (Å²) in [7, 11) is 0. The minimum absolute atomic E-state index is 0.0202. The standard InChI is InChI=1S/C15H21NO2/c1-3-4-10-15(17)16-11-14(18-12(16)2)13-8-6-5-7-9-13/h5-9,12,14H,3-4,10-11H2,1-2H3. The topological polar surface area (TPSA) is 29.5 Å². The highest BCUT2D eigenvalue weighted by Gasteiger charge is 2.33. The molecule has 0 aromatic heterocycles. The van der Waals surface area contributed by atoms with Crippen LogP contribution in [-0.2, 0) is 9.53 Å². The predicted octanol–water partition coefficient (Wildman–Crippen LogP) is 3.12. The summed E-state index contributed by atoms with van der Waals surface area (Å²) in [6.45, 7) is 4.73. The van der Waals surface area contributed by atoms with E-state index in [2.05, 4.69) is 19.1 Å². The summed E-state index contributed by atoms with van der Waals surface area (Å²) in [5, 5.41) is 0. The molecule has 2 atom stereocenters. The second-order valence-electron chi connectivity index (χ2n) is 4.78. The Morgan fingerprint density at radius 3 is 2.78 bits per heavy atom. The minimum atomic E-state index is -0.112. The molecule has 1 heterocycles. The van der Waals surface area contributed by atoms with Crippen LogP contribution in [0.15, 0.2) is 30.3 Å². The average Bonchev–Trinajstić information content (AvgIpc) is 2.79. The molecular formula is C15H21NO2. The van der Waals surface area contributed by atoms with Crippen LogP contribution in [-0.4, -0.2) is 23.6 Å². The zero-order valence-corrected chi connectivity index (χ0v) is 11.1. The maximum Gasteiger partial charge on any atom is 0.224 e. The third kappa shape index (κ3) is 2.91. The number of amides is 1. The Morgan fingerprint density at radius 2 is 2.11 bits per heavy atom. The summed E-state index contributed by atoms with van der Waals surface area (Å²) >= 11 is 0. The molecule has 0 spiro atoms. The fourth-order valence-corrected chi connectivity index (χ4v) is 2.31. The monoisotopic (exact) mass is 247 g/mol. The molecule has 0 saturated carbocycles. The van der Waals surface area contributed by atoms with Gasteiger partial charge in [-0.2, -0.15) is 0 Å². The zero-order chi connectivity index (χ0) is 13.0. The molecule has 3 nitrogen and oxygen atoms in total. The summed E-state index contributed by atoms with van der Waals surface area (Å²) in [5.41, 5.74) is 1.15. The summed E-state index contributed by atoms with van der Waals surface area (Å²) in [6, 6.07) is 10.1. The highest BCUT2D eigenvalue weighted by molar-refractivity contribution is 5.76. The Bertz CT molecular complexity index is 391. The normalized spacial score (nSPS) is 23.3. The SMILES string of the molecule is CCCCC(=O)N1CC(c2ccccc2)OC1C. The average molecular weight is 247 g/mol. The molecule has 1 saturated heterocycles. The molecule has 1 fully saturated rings. The molecule has 0 bridgehead atoms. The van der Waals surface area contributed by atoms with Gasteiger partial charge in [0.1, 0.15) is 12.3 Å². The Kier molecular flexibility index (Phi) is 4.37. The van der Waals surface area contributed by atoms with Gasteiger partial charge in [-0.15, -0.1) is 0 Å². The van der Waals surface area contributed by atoms with Crippen molar-refractivity contribution >= 4 is 5.91 Å². The van der Waals surface area contributed by atoms with Gasteiger partial charge >= 0.3 is 0 Å². The van der Waals surface area contributed by atoms with Crippen LogP contribution < -0.4 is 0 Å². The first-order valence-electron chi connectivity index (χ1n) is 6.72. The lowest BCUT2D eigenvalue weighted by molar-refractivity contribution is -0.135. The van der Waals surface area contributed by atoms with Crippen molar-refractivity contribution in [1.82, 2.24) is 4.90 Å². The van der Waals surface area contributed by atoms with Crippen LogP contribution in [0.2, 0.25) is 0 Å². The molecule has 0 N–H and O–H groups in total. The molecule has 1 aliphatic heterocycles. The molecule has 1 aromatic carbocycles. The molecular weight excluding hydrogens is 226 g/mol. The Balaban J connectivity index is 1.98. The molecule has 1 amide bonds. The van der Waals surface area contributed by atoms with Gasteiger partial charge in [-0.05, 0) is 18.9 Å². The Labute approximate surface area is 109 Å². The molecule has 3 heteroatoms. The molecule has 2 unspecified atom stereocenters. The third-order valence-electron chi connectivity index (χ3n) is 3.40. The summed E-state index contributed by atoms with van der Waals surface area (Å²) < 4.78 is 5.87. The van der Waals surface area contributed by atoms with E-state index in [9.17, 15) is 4.79 Å². The largest absolute Gasteiger partial charge is 0.349 e. The van der Waals surface area contributed by atoms with Gasteiger partial charge in [-0.25, -0.2) is 0 Å². The van der Waals surface area contributed by atoms with Crippen molar-refractivity contribution in [3.63, 3.8) is 0 Å². The van der Waals surface area contributed by atoms with Crippen molar-refractivity contribution in [1.29, 1.82) is 0 Å². The van der Waals surface area contributed by atoms with Crippen molar-refractivity contribution in [2.75, 3.05) is 6.54 Å². The van der Waals surface area contributed by atoms with Crippen LogP contribution in [0, 0.1) is 0 Å². The first-order valence-corrected chi connectivity index (χ1v) is 6.72. The second kappa shape index (κ2) is 6.01. The lowest BCUT2D eigenvalue weighted by Gasteiger charge is -2.19. The van der Waals surface area contributed by atoms with E-state index in [1.54, 1.807) is 0 Å². The van der Waals surface area contributed by atoms with E-state index in [4.69, 9.17) is 4.74 Å². The molecule has 98 valence electrons. The lowest BCUT2D eigenvalue weighted by Crippen LogP contribution is -2.34. The number of rotatable bonds is 4. The molecule has 1 aromatic rings. The van der Waals surface area contributed by atoms with E-state index >= 15 is 0 Å². The molecule has 18 heavy (non-hydrogen) atoms. The molecule has 2 rings (SSSR count). The third-order valence-corrected chi connectivity index (χ3v) is 3.40. The molecule has 0 aliphatic carbocycles. The van der Waals surface area contributed by atoms with Crippen LogP contribution in [0.25, 0.3) is 0 Å². The first-order chi connectivity index (χ1) is 8.72. The lowest BCUT2D eigenvalue weighted by atomic mass is 10.1. The van der Waals surface area contributed by atoms with E-state index in [1.165, 1.54) is 0 Å². The predicted molar refractivity (Wildman–Crippen MR) is 71.0 cm³/mol. The Hall–Kier alpha value is -1.35. The fourth-order valence-electron chi connectivity index (χ4n) is 2.31. The van der Waals surface area contributed by atoms with Crippen molar-refractivity contribution in [3.8, 4) is 0 Å². The number of carbonyl (C=O) groups is 1. The maximum atomic E-state index is 12.0. The van der Waals surface area contributed by atoms with Crippen LogP contribution in [0.1, 0.15) is 44.8 Å².